The van der Waals surface area contributed by atoms with E-state index in [-0.39, 0.29) is 5.91 Å². The van der Waals surface area contributed by atoms with E-state index in [1.54, 1.807) is 0 Å². The summed E-state index contributed by atoms with van der Waals surface area (Å²) in [7, 11) is 1.92. The summed E-state index contributed by atoms with van der Waals surface area (Å²) in [6.07, 6.45) is 1.59. The normalized spacial score (nSPS) is 14.9. The second kappa shape index (κ2) is 9.22. The molecule has 1 fully saturated rings. The molecule has 0 spiro atoms. The van der Waals surface area contributed by atoms with E-state index in [9.17, 15) is 9.59 Å². The monoisotopic (exact) mass is 426 g/mol. The molecule has 7 heteroatoms. The van der Waals surface area contributed by atoms with Gasteiger partial charge in [-0.05, 0) is 65.1 Å². The van der Waals surface area contributed by atoms with Crippen LogP contribution < -0.4 is 5.32 Å². The van der Waals surface area contributed by atoms with Crippen LogP contribution in [0.4, 0.5) is 4.79 Å². The lowest BCUT2D eigenvalue weighted by molar-refractivity contribution is -0.133. The van der Waals surface area contributed by atoms with Crippen LogP contribution in [0, 0.1) is 6.92 Å². The highest BCUT2D eigenvalue weighted by Gasteiger charge is 2.54. The molecule has 1 aliphatic rings. The van der Waals surface area contributed by atoms with E-state index < -0.39 is 17.1 Å². The molecule has 1 heterocycles. The maximum Gasteiger partial charge on any atom is 0.417 e. The van der Waals surface area contributed by atoms with Gasteiger partial charge in [0, 0.05) is 20.1 Å². The second-order valence-corrected chi connectivity index (χ2v) is 9.32. The van der Waals surface area contributed by atoms with E-state index in [0.717, 1.165) is 29.8 Å². The molecule has 0 unspecified atom stereocenters. The van der Waals surface area contributed by atoms with Gasteiger partial charge in [-0.2, -0.15) is 5.10 Å². The number of benzene rings is 1. The standard InChI is InChI=1S/C24H34N4O3/c1-18-16-20(27(5)26-18)17-25-14-9-15-28(22(30)31-23(2,3)4)21(29)24(12-13-24)19-10-7-6-8-11-19/h6-8,10-11,16,25H,9,12-15,17H2,1-5H3. The SMILES string of the molecule is Cc1cc(CNCCCN(C(=O)OC(C)(C)C)C(=O)C2(c3ccccc3)CC2)n(C)n1. The van der Waals surface area contributed by atoms with Gasteiger partial charge in [0.05, 0.1) is 16.8 Å². The van der Waals surface area contributed by atoms with Gasteiger partial charge < -0.3 is 10.1 Å². The first-order valence-electron chi connectivity index (χ1n) is 10.9. The summed E-state index contributed by atoms with van der Waals surface area (Å²) in [5.41, 5.74) is 1.79. The van der Waals surface area contributed by atoms with E-state index in [2.05, 4.69) is 10.4 Å². The van der Waals surface area contributed by atoms with Crippen molar-refractivity contribution in [1.29, 1.82) is 0 Å². The predicted molar refractivity (Wildman–Crippen MR) is 120 cm³/mol. The molecule has 168 valence electrons. The average molecular weight is 427 g/mol. The highest BCUT2D eigenvalue weighted by Crippen LogP contribution is 2.49. The largest absolute Gasteiger partial charge is 0.443 e. The summed E-state index contributed by atoms with van der Waals surface area (Å²) in [6, 6.07) is 11.8. The minimum atomic E-state index is -0.658. The number of carbonyl (C=O) groups is 2. The van der Waals surface area contributed by atoms with Crippen LogP contribution in [0.25, 0.3) is 0 Å². The lowest BCUT2D eigenvalue weighted by Gasteiger charge is -2.29. The molecular formula is C24H34N4O3. The zero-order chi connectivity index (χ0) is 22.6. The van der Waals surface area contributed by atoms with Crippen LogP contribution in [0.3, 0.4) is 0 Å². The van der Waals surface area contributed by atoms with E-state index in [1.807, 2.05) is 75.8 Å². The average Bonchev–Trinajstić information content (AvgIpc) is 3.44. The third-order valence-electron chi connectivity index (χ3n) is 5.49. The maximum atomic E-state index is 13.5. The topological polar surface area (TPSA) is 76.5 Å². The maximum absolute atomic E-state index is 13.5. The fraction of sp³-hybridized carbons (Fsp3) is 0.542. The molecule has 1 aromatic carbocycles. The first-order chi connectivity index (χ1) is 14.6. The number of aryl methyl sites for hydroxylation is 2. The van der Waals surface area contributed by atoms with Gasteiger partial charge >= 0.3 is 6.09 Å². The van der Waals surface area contributed by atoms with Crippen molar-refractivity contribution < 1.29 is 14.3 Å². The second-order valence-electron chi connectivity index (χ2n) is 9.32. The fourth-order valence-electron chi connectivity index (χ4n) is 3.77. The molecule has 1 N–H and O–H groups in total. The van der Waals surface area contributed by atoms with Crippen LogP contribution in [0.1, 0.15) is 57.0 Å². The number of imide groups is 1. The number of rotatable bonds is 8. The molecule has 1 saturated carbocycles. The van der Waals surface area contributed by atoms with Gasteiger partial charge in [-0.15, -0.1) is 0 Å². The van der Waals surface area contributed by atoms with Crippen LogP contribution in [0.15, 0.2) is 36.4 Å². The summed E-state index contributed by atoms with van der Waals surface area (Å²) < 4.78 is 7.42. The minimum Gasteiger partial charge on any atom is -0.443 e. The number of amides is 2. The highest BCUT2D eigenvalue weighted by atomic mass is 16.6. The predicted octanol–water partition coefficient (Wildman–Crippen LogP) is 3.70. The Morgan fingerprint density at radius 3 is 2.45 bits per heavy atom. The van der Waals surface area contributed by atoms with Crippen LogP contribution in [-0.4, -0.2) is 45.4 Å². The van der Waals surface area contributed by atoms with E-state index in [1.165, 1.54) is 4.90 Å². The van der Waals surface area contributed by atoms with Gasteiger partial charge in [0.2, 0.25) is 5.91 Å². The fourth-order valence-corrected chi connectivity index (χ4v) is 3.77. The van der Waals surface area contributed by atoms with Crippen LogP contribution in [-0.2, 0) is 28.5 Å². The van der Waals surface area contributed by atoms with Crippen molar-refractivity contribution in [1.82, 2.24) is 20.0 Å². The number of nitrogens with zero attached hydrogens (tertiary/aromatic N) is 3. The van der Waals surface area contributed by atoms with Crippen molar-refractivity contribution in [3.63, 3.8) is 0 Å². The number of aromatic nitrogens is 2. The summed E-state index contributed by atoms with van der Waals surface area (Å²) in [6.45, 7) is 9.09. The molecule has 2 amide bonds. The van der Waals surface area contributed by atoms with Crippen LogP contribution in [0.2, 0.25) is 0 Å². The number of ether oxygens (including phenoxy) is 1. The van der Waals surface area contributed by atoms with Crippen molar-refractivity contribution in [2.75, 3.05) is 13.1 Å². The first-order valence-corrected chi connectivity index (χ1v) is 10.9. The summed E-state index contributed by atoms with van der Waals surface area (Å²) in [4.78, 5) is 27.7. The molecule has 0 aliphatic heterocycles. The van der Waals surface area contributed by atoms with Gasteiger partial charge in [0.25, 0.3) is 0 Å². The van der Waals surface area contributed by atoms with E-state index in [4.69, 9.17) is 4.74 Å². The summed E-state index contributed by atoms with van der Waals surface area (Å²) in [5, 5.41) is 7.72. The molecule has 31 heavy (non-hydrogen) atoms. The number of nitrogens with one attached hydrogen (secondary N) is 1. The van der Waals surface area contributed by atoms with Crippen molar-refractivity contribution >= 4 is 12.0 Å². The molecule has 1 aromatic heterocycles. The number of carbonyl (C=O) groups excluding carboxylic acids is 2. The van der Waals surface area contributed by atoms with Crippen molar-refractivity contribution in [2.24, 2.45) is 7.05 Å². The quantitative estimate of drug-likeness (QED) is 0.652. The Hall–Kier alpha value is -2.67. The lowest BCUT2D eigenvalue weighted by Crippen LogP contribution is -2.46. The van der Waals surface area contributed by atoms with Gasteiger partial charge in [0.1, 0.15) is 5.60 Å². The van der Waals surface area contributed by atoms with E-state index in [0.29, 0.717) is 26.1 Å². The molecule has 2 aromatic rings. The Bertz CT molecular complexity index is 911. The van der Waals surface area contributed by atoms with Gasteiger partial charge in [-0.3, -0.25) is 9.48 Å². The number of hydrogen-bond acceptors (Lipinski definition) is 5. The highest BCUT2D eigenvalue weighted by molar-refractivity contribution is 6.00. The van der Waals surface area contributed by atoms with Gasteiger partial charge in [-0.1, -0.05) is 30.3 Å². The smallest absolute Gasteiger partial charge is 0.417 e. The molecule has 7 nitrogen and oxygen atoms in total. The Kier molecular flexibility index (Phi) is 6.84. The minimum absolute atomic E-state index is 0.157. The Balaban J connectivity index is 1.63. The third kappa shape index (κ3) is 5.73. The summed E-state index contributed by atoms with van der Waals surface area (Å²) in [5.74, 6) is -0.157. The molecule has 0 bridgehead atoms. The number of hydrogen-bond donors (Lipinski definition) is 1. The Morgan fingerprint density at radius 2 is 1.90 bits per heavy atom. The zero-order valence-corrected chi connectivity index (χ0v) is 19.3. The van der Waals surface area contributed by atoms with Crippen molar-refractivity contribution in [3.05, 3.63) is 53.3 Å². The Morgan fingerprint density at radius 1 is 1.23 bits per heavy atom. The third-order valence-corrected chi connectivity index (χ3v) is 5.49. The molecule has 1 aliphatic carbocycles. The van der Waals surface area contributed by atoms with Gasteiger partial charge in [-0.25, -0.2) is 9.69 Å². The van der Waals surface area contributed by atoms with Crippen molar-refractivity contribution in [2.45, 2.75) is 64.5 Å². The molecule has 0 atom stereocenters. The van der Waals surface area contributed by atoms with E-state index >= 15 is 0 Å². The van der Waals surface area contributed by atoms with Gasteiger partial charge in [0.15, 0.2) is 0 Å². The van der Waals surface area contributed by atoms with Crippen LogP contribution >= 0.6 is 0 Å². The lowest BCUT2D eigenvalue weighted by atomic mass is 9.94. The zero-order valence-electron chi connectivity index (χ0n) is 19.3. The molecule has 0 saturated heterocycles. The Labute approximate surface area is 184 Å². The summed E-state index contributed by atoms with van der Waals surface area (Å²) >= 11 is 0. The molecular weight excluding hydrogens is 392 g/mol. The van der Waals surface area contributed by atoms with Crippen LogP contribution in [0.5, 0.6) is 0 Å². The van der Waals surface area contributed by atoms with Crippen molar-refractivity contribution in [3.8, 4) is 0 Å². The molecule has 0 radical (unpaired) electrons. The first kappa shape index (κ1) is 23.0. The molecule has 3 rings (SSSR count).